The lowest BCUT2D eigenvalue weighted by Crippen LogP contribution is -2.44. The van der Waals surface area contributed by atoms with Crippen LogP contribution in [0.4, 0.5) is 0 Å². The van der Waals surface area contributed by atoms with Crippen molar-refractivity contribution in [1.82, 2.24) is 0 Å². The van der Waals surface area contributed by atoms with Crippen molar-refractivity contribution in [2.24, 2.45) is 17.3 Å². The van der Waals surface area contributed by atoms with Crippen LogP contribution < -0.4 is 0 Å². The van der Waals surface area contributed by atoms with Crippen LogP contribution in [0.3, 0.4) is 0 Å². The molecule has 0 spiro atoms. The second-order valence-corrected chi connectivity index (χ2v) is 6.67. The van der Waals surface area contributed by atoms with E-state index in [1.807, 2.05) is 19.9 Å². The number of carbonyl (C=O) groups is 1. The molecule has 0 aliphatic heterocycles. The summed E-state index contributed by atoms with van der Waals surface area (Å²) in [5.41, 5.74) is 1.68. The van der Waals surface area contributed by atoms with Crippen molar-refractivity contribution in [2.75, 3.05) is 13.7 Å². The SMILES string of the molecule is CCCC1=CC(C(=O)O)(C(C)C)C(CCOC)C(CCC)=C1. The Labute approximate surface area is 135 Å². The number of aliphatic carboxylic acids is 1. The minimum Gasteiger partial charge on any atom is -0.481 e. The molecule has 3 heteroatoms. The fourth-order valence-corrected chi connectivity index (χ4v) is 3.75. The van der Waals surface area contributed by atoms with Gasteiger partial charge in [-0.1, -0.05) is 63.8 Å². The van der Waals surface area contributed by atoms with E-state index in [9.17, 15) is 9.90 Å². The van der Waals surface area contributed by atoms with Crippen molar-refractivity contribution in [3.63, 3.8) is 0 Å². The molecule has 0 aromatic heterocycles. The first kappa shape index (κ1) is 19.0. The quantitative estimate of drug-likeness (QED) is 0.663. The summed E-state index contributed by atoms with van der Waals surface area (Å²) < 4.78 is 5.26. The van der Waals surface area contributed by atoms with Gasteiger partial charge in [0.15, 0.2) is 0 Å². The van der Waals surface area contributed by atoms with Gasteiger partial charge in [0.25, 0.3) is 0 Å². The van der Waals surface area contributed by atoms with Crippen LogP contribution >= 0.6 is 0 Å². The molecular formula is C19H32O3. The molecule has 0 saturated carbocycles. The van der Waals surface area contributed by atoms with E-state index >= 15 is 0 Å². The Bertz CT molecular complexity index is 434. The Morgan fingerprint density at radius 1 is 1.32 bits per heavy atom. The highest BCUT2D eigenvalue weighted by Gasteiger charge is 2.49. The Morgan fingerprint density at radius 2 is 1.95 bits per heavy atom. The predicted molar refractivity (Wildman–Crippen MR) is 90.9 cm³/mol. The number of hydrogen-bond acceptors (Lipinski definition) is 2. The van der Waals surface area contributed by atoms with E-state index in [0.717, 1.165) is 32.1 Å². The van der Waals surface area contributed by atoms with Gasteiger partial charge < -0.3 is 9.84 Å². The largest absolute Gasteiger partial charge is 0.481 e. The van der Waals surface area contributed by atoms with Crippen molar-refractivity contribution < 1.29 is 14.6 Å². The molecule has 0 saturated heterocycles. The molecule has 0 fully saturated rings. The number of rotatable bonds is 9. The molecule has 2 atom stereocenters. The fraction of sp³-hybridized carbons (Fsp3) is 0.737. The molecule has 2 unspecified atom stereocenters. The summed E-state index contributed by atoms with van der Waals surface area (Å²) in [6.07, 6.45) is 9.08. The van der Waals surface area contributed by atoms with Gasteiger partial charge in [-0.2, -0.15) is 0 Å². The molecule has 22 heavy (non-hydrogen) atoms. The van der Waals surface area contributed by atoms with Gasteiger partial charge in [0.2, 0.25) is 0 Å². The molecule has 0 aromatic carbocycles. The normalized spacial score (nSPS) is 25.1. The Hall–Kier alpha value is -1.09. The van der Waals surface area contributed by atoms with Gasteiger partial charge in [-0.3, -0.25) is 4.79 Å². The average molecular weight is 308 g/mol. The van der Waals surface area contributed by atoms with Crippen molar-refractivity contribution in [2.45, 2.75) is 59.8 Å². The number of carboxylic acids is 1. The van der Waals surface area contributed by atoms with Crippen molar-refractivity contribution in [1.29, 1.82) is 0 Å². The minimum atomic E-state index is -0.803. The zero-order chi connectivity index (χ0) is 16.8. The molecule has 1 rings (SSSR count). The number of ether oxygens (including phenoxy) is 1. The van der Waals surface area contributed by atoms with Gasteiger partial charge >= 0.3 is 5.97 Å². The highest BCUT2D eigenvalue weighted by molar-refractivity contribution is 5.79. The van der Waals surface area contributed by atoms with Gasteiger partial charge in [-0.05, 0) is 25.2 Å². The molecule has 126 valence electrons. The van der Waals surface area contributed by atoms with Gasteiger partial charge in [-0.15, -0.1) is 0 Å². The zero-order valence-corrected chi connectivity index (χ0v) is 14.8. The van der Waals surface area contributed by atoms with Crippen LogP contribution in [0.15, 0.2) is 23.3 Å². The van der Waals surface area contributed by atoms with Crippen LogP contribution in [0.2, 0.25) is 0 Å². The summed E-state index contributed by atoms with van der Waals surface area (Å²) in [6.45, 7) is 8.96. The van der Waals surface area contributed by atoms with Crippen LogP contribution in [-0.2, 0) is 9.53 Å². The molecule has 0 radical (unpaired) electrons. The first-order valence-electron chi connectivity index (χ1n) is 8.58. The number of hydrogen-bond donors (Lipinski definition) is 1. The molecule has 0 bridgehead atoms. The fourth-order valence-electron chi connectivity index (χ4n) is 3.75. The number of carboxylic acid groups (broad SMARTS) is 1. The van der Waals surface area contributed by atoms with Crippen molar-refractivity contribution >= 4 is 5.97 Å². The van der Waals surface area contributed by atoms with E-state index in [2.05, 4.69) is 19.9 Å². The molecule has 3 nitrogen and oxygen atoms in total. The first-order valence-corrected chi connectivity index (χ1v) is 8.58. The van der Waals surface area contributed by atoms with Crippen molar-refractivity contribution in [3.8, 4) is 0 Å². The maximum absolute atomic E-state index is 12.3. The van der Waals surface area contributed by atoms with Crippen molar-refractivity contribution in [3.05, 3.63) is 23.3 Å². The van der Waals surface area contributed by atoms with Gasteiger partial charge in [0, 0.05) is 19.6 Å². The number of allylic oxidation sites excluding steroid dienone is 3. The lowest BCUT2D eigenvalue weighted by atomic mass is 9.60. The number of methoxy groups -OCH3 is 1. The lowest BCUT2D eigenvalue weighted by Gasteiger charge is -2.43. The van der Waals surface area contributed by atoms with E-state index in [0.29, 0.717) is 6.61 Å². The maximum Gasteiger partial charge on any atom is 0.314 e. The highest BCUT2D eigenvalue weighted by atomic mass is 16.5. The van der Waals surface area contributed by atoms with E-state index in [4.69, 9.17) is 4.74 Å². The molecule has 1 aliphatic rings. The van der Waals surface area contributed by atoms with Gasteiger partial charge in [0.1, 0.15) is 0 Å². The molecule has 0 amide bonds. The Balaban J connectivity index is 3.36. The predicted octanol–water partition coefficient (Wildman–Crippen LogP) is 4.83. The second-order valence-electron chi connectivity index (χ2n) is 6.67. The van der Waals surface area contributed by atoms with Gasteiger partial charge in [0.05, 0.1) is 5.41 Å². The standard InChI is InChI=1S/C19H32O3/c1-6-8-15-12-16(9-7-2)17(10-11-22-5)19(13-15,14(3)4)18(20)21/h12-14,17H,6-11H2,1-5H3,(H,20,21). The monoisotopic (exact) mass is 308 g/mol. The summed E-state index contributed by atoms with van der Waals surface area (Å²) in [7, 11) is 1.68. The first-order chi connectivity index (χ1) is 10.4. The Kier molecular flexibility index (Phi) is 7.34. The maximum atomic E-state index is 12.3. The topological polar surface area (TPSA) is 46.5 Å². The molecular weight excluding hydrogens is 276 g/mol. The smallest absolute Gasteiger partial charge is 0.314 e. The van der Waals surface area contributed by atoms with Crippen LogP contribution in [0.25, 0.3) is 0 Å². The zero-order valence-electron chi connectivity index (χ0n) is 14.8. The summed E-state index contributed by atoms with van der Waals surface area (Å²) in [5.74, 6) is -0.608. The van der Waals surface area contributed by atoms with Crippen LogP contribution in [0, 0.1) is 17.3 Å². The third kappa shape index (κ3) is 3.81. The summed E-state index contributed by atoms with van der Waals surface area (Å²) in [5, 5.41) is 10.1. The highest BCUT2D eigenvalue weighted by Crippen LogP contribution is 2.49. The van der Waals surface area contributed by atoms with Crippen LogP contribution in [0.5, 0.6) is 0 Å². The third-order valence-corrected chi connectivity index (χ3v) is 4.83. The minimum absolute atomic E-state index is 0.0329. The van der Waals surface area contributed by atoms with E-state index in [1.165, 1.54) is 11.1 Å². The van der Waals surface area contributed by atoms with E-state index in [-0.39, 0.29) is 11.8 Å². The molecule has 0 heterocycles. The van der Waals surface area contributed by atoms with Crippen LogP contribution in [0.1, 0.15) is 59.8 Å². The second kappa shape index (κ2) is 8.52. The average Bonchev–Trinajstić information content (AvgIpc) is 2.45. The van der Waals surface area contributed by atoms with E-state index < -0.39 is 11.4 Å². The lowest BCUT2D eigenvalue weighted by molar-refractivity contribution is -0.151. The molecule has 1 N–H and O–H groups in total. The van der Waals surface area contributed by atoms with E-state index in [1.54, 1.807) is 7.11 Å². The van der Waals surface area contributed by atoms with Crippen LogP contribution in [-0.4, -0.2) is 24.8 Å². The molecule has 0 aromatic rings. The summed E-state index contributed by atoms with van der Waals surface area (Å²) in [4.78, 5) is 12.3. The summed E-state index contributed by atoms with van der Waals surface area (Å²) >= 11 is 0. The Morgan fingerprint density at radius 3 is 2.41 bits per heavy atom. The third-order valence-electron chi connectivity index (χ3n) is 4.83. The molecule has 1 aliphatic carbocycles. The van der Waals surface area contributed by atoms with Gasteiger partial charge in [-0.25, -0.2) is 0 Å². The summed E-state index contributed by atoms with van der Waals surface area (Å²) in [6, 6.07) is 0.